The van der Waals surface area contributed by atoms with Gasteiger partial charge in [0.15, 0.2) is 5.69 Å². The normalized spacial score (nSPS) is 10.5. The monoisotopic (exact) mass is 313 g/mol. The Hall–Kier alpha value is -3.16. The number of amides is 1. The van der Waals surface area contributed by atoms with Gasteiger partial charge >= 0.3 is 6.01 Å². The summed E-state index contributed by atoms with van der Waals surface area (Å²) in [4.78, 5) is 12.0. The molecule has 0 spiro atoms. The van der Waals surface area contributed by atoms with Crippen molar-refractivity contribution in [2.24, 2.45) is 7.05 Å². The van der Waals surface area contributed by atoms with Crippen LogP contribution in [0, 0.1) is 0 Å². The van der Waals surface area contributed by atoms with Gasteiger partial charge in [-0.3, -0.25) is 14.8 Å². The van der Waals surface area contributed by atoms with Gasteiger partial charge in [-0.1, -0.05) is 5.10 Å². The van der Waals surface area contributed by atoms with Gasteiger partial charge in [0.25, 0.3) is 5.91 Å². The zero-order valence-electron chi connectivity index (χ0n) is 12.7. The van der Waals surface area contributed by atoms with Crippen LogP contribution in [0.25, 0.3) is 11.5 Å². The molecule has 0 aliphatic rings. The Morgan fingerprint density at radius 1 is 1.26 bits per heavy atom. The van der Waals surface area contributed by atoms with E-state index in [2.05, 4.69) is 20.6 Å². The Morgan fingerprint density at radius 3 is 2.70 bits per heavy atom. The first-order valence-electron chi connectivity index (χ1n) is 7.03. The third kappa shape index (κ3) is 3.37. The number of benzene rings is 1. The quantitative estimate of drug-likeness (QED) is 0.775. The molecule has 3 aromatic rings. The third-order valence-electron chi connectivity index (χ3n) is 3.00. The molecule has 0 aliphatic carbocycles. The molecule has 1 N–H and O–H groups in total. The lowest BCUT2D eigenvalue weighted by Crippen LogP contribution is -2.13. The lowest BCUT2D eigenvalue weighted by Gasteiger charge is -2.02. The van der Waals surface area contributed by atoms with Crippen LogP contribution in [0.1, 0.15) is 17.4 Å². The highest BCUT2D eigenvalue weighted by Crippen LogP contribution is 2.22. The molecule has 1 aromatic carbocycles. The molecule has 0 atom stereocenters. The van der Waals surface area contributed by atoms with Gasteiger partial charge in [-0.05, 0) is 37.3 Å². The average Bonchev–Trinajstić information content (AvgIpc) is 3.18. The van der Waals surface area contributed by atoms with Crippen molar-refractivity contribution in [3.05, 3.63) is 42.2 Å². The molecule has 0 saturated heterocycles. The average molecular weight is 313 g/mol. The number of nitrogens with one attached hydrogen (secondary N) is 1. The summed E-state index contributed by atoms with van der Waals surface area (Å²) in [5, 5.41) is 14.2. The minimum atomic E-state index is -0.410. The molecule has 8 heteroatoms. The second-order valence-electron chi connectivity index (χ2n) is 4.70. The summed E-state index contributed by atoms with van der Waals surface area (Å²) in [5.74, 6) is 0.663. The summed E-state index contributed by atoms with van der Waals surface area (Å²) in [6.07, 6.45) is 1.67. The molecule has 23 heavy (non-hydrogen) atoms. The van der Waals surface area contributed by atoms with Gasteiger partial charge in [-0.25, -0.2) is 0 Å². The number of ether oxygens (including phenoxy) is 1. The van der Waals surface area contributed by atoms with E-state index in [0.717, 1.165) is 11.3 Å². The van der Waals surface area contributed by atoms with Crippen LogP contribution < -0.4 is 10.1 Å². The van der Waals surface area contributed by atoms with Gasteiger partial charge in [0, 0.05) is 18.8 Å². The first-order chi connectivity index (χ1) is 11.2. The lowest BCUT2D eigenvalue weighted by molar-refractivity contribution is 0.101. The first-order valence-corrected chi connectivity index (χ1v) is 7.03. The number of hydrogen-bond acceptors (Lipinski definition) is 6. The van der Waals surface area contributed by atoms with Crippen LogP contribution >= 0.6 is 0 Å². The van der Waals surface area contributed by atoms with E-state index in [1.165, 1.54) is 4.68 Å². The van der Waals surface area contributed by atoms with Crippen molar-refractivity contribution in [2.75, 3.05) is 11.9 Å². The topological polar surface area (TPSA) is 95.1 Å². The fourth-order valence-corrected chi connectivity index (χ4v) is 1.95. The van der Waals surface area contributed by atoms with Crippen molar-refractivity contribution >= 4 is 11.9 Å². The predicted molar refractivity (Wildman–Crippen MR) is 82.1 cm³/mol. The van der Waals surface area contributed by atoms with E-state index in [4.69, 9.17) is 9.15 Å². The highest BCUT2D eigenvalue weighted by molar-refractivity contribution is 6.01. The van der Waals surface area contributed by atoms with Gasteiger partial charge < -0.3 is 9.15 Å². The molecule has 8 nitrogen and oxygen atoms in total. The zero-order chi connectivity index (χ0) is 16.2. The van der Waals surface area contributed by atoms with E-state index in [1.807, 2.05) is 31.2 Å². The van der Waals surface area contributed by atoms with Crippen LogP contribution in [0.4, 0.5) is 6.01 Å². The molecule has 0 aliphatic heterocycles. The van der Waals surface area contributed by atoms with Crippen molar-refractivity contribution in [3.63, 3.8) is 0 Å². The van der Waals surface area contributed by atoms with Crippen LogP contribution in [-0.2, 0) is 7.05 Å². The van der Waals surface area contributed by atoms with Crippen LogP contribution in [-0.4, -0.2) is 32.5 Å². The minimum Gasteiger partial charge on any atom is -0.494 e. The summed E-state index contributed by atoms with van der Waals surface area (Å²) in [5.41, 5.74) is 1.01. The molecule has 0 radical (unpaired) electrons. The van der Waals surface area contributed by atoms with Crippen molar-refractivity contribution in [3.8, 4) is 17.2 Å². The van der Waals surface area contributed by atoms with Crippen molar-refractivity contribution in [2.45, 2.75) is 6.92 Å². The van der Waals surface area contributed by atoms with E-state index < -0.39 is 5.91 Å². The Labute approximate surface area is 132 Å². The maximum atomic E-state index is 12.0. The number of aryl methyl sites for hydroxylation is 1. The molecule has 1 amide bonds. The van der Waals surface area contributed by atoms with Crippen molar-refractivity contribution in [1.82, 2.24) is 20.0 Å². The standard InChI is InChI=1S/C15H15N5O3/c1-3-22-11-6-4-10(5-7-11)14-17-18-15(23-14)16-13(21)12-8-9-20(2)19-12/h4-9H,3H2,1-2H3,(H,16,18,21). The second kappa shape index (κ2) is 6.30. The number of hydrogen-bond donors (Lipinski definition) is 1. The number of aromatic nitrogens is 4. The van der Waals surface area contributed by atoms with Crippen LogP contribution in [0.15, 0.2) is 40.9 Å². The van der Waals surface area contributed by atoms with E-state index in [9.17, 15) is 4.79 Å². The Morgan fingerprint density at radius 2 is 2.04 bits per heavy atom. The molecule has 0 saturated carbocycles. The Bertz CT molecular complexity index is 807. The molecule has 0 bridgehead atoms. The third-order valence-corrected chi connectivity index (χ3v) is 3.00. The molecule has 0 unspecified atom stereocenters. The maximum Gasteiger partial charge on any atom is 0.322 e. The molecular formula is C15H15N5O3. The molecule has 2 aromatic heterocycles. The number of anilines is 1. The fraction of sp³-hybridized carbons (Fsp3) is 0.200. The smallest absolute Gasteiger partial charge is 0.322 e. The summed E-state index contributed by atoms with van der Waals surface area (Å²) in [6.45, 7) is 2.52. The SMILES string of the molecule is CCOc1ccc(-c2nnc(NC(=O)c3ccn(C)n3)o2)cc1. The number of rotatable bonds is 5. The molecule has 118 valence electrons. The Balaban J connectivity index is 1.71. The maximum absolute atomic E-state index is 12.0. The molecule has 2 heterocycles. The number of nitrogens with zero attached hydrogens (tertiary/aromatic N) is 4. The zero-order valence-corrected chi connectivity index (χ0v) is 12.7. The molecule has 0 fully saturated rings. The van der Waals surface area contributed by atoms with Crippen LogP contribution in [0.3, 0.4) is 0 Å². The van der Waals surface area contributed by atoms with Gasteiger partial charge in [0.05, 0.1) is 6.61 Å². The molecular weight excluding hydrogens is 298 g/mol. The number of carbonyl (C=O) groups excluding carboxylic acids is 1. The largest absolute Gasteiger partial charge is 0.494 e. The summed E-state index contributed by atoms with van der Waals surface area (Å²) >= 11 is 0. The van der Waals surface area contributed by atoms with Crippen molar-refractivity contribution < 1.29 is 13.9 Å². The van der Waals surface area contributed by atoms with Gasteiger partial charge in [-0.15, -0.1) is 5.10 Å². The van der Waals surface area contributed by atoms with E-state index in [-0.39, 0.29) is 11.7 Å². The summed E-state index contributed by atoms with van der Waals surface area (Å²) in [6, 6.07) is 8.86. The predicted octanol–water partition coefficient (Wildman–Crippen LogP) is 2.12. The van der Waals surface area contributed by atoms with Crippen LogP contribution in [0.5, 0.6) is 5.75 Å². The fourth-order valence-electron chi connectivity index (χ4n) is 1.95. The lowest BCUT2D eigenvalue weighted by atomic mass is 10.2. The van der Waals surface area contributed by atoms with E-state index >= 15 is 0 Å². The first kappa shape index (κ1) is 14.8. The number of carbonyl (C=O) groups is 1. The summed E-state index contributed by atoms with van der Waals surface area (Å²) in [7, 11) is 1.73. The van der Waals surface area contributed by atoms with Gasteiger partial charge in [0.2, 0.25) is 5.89 Å². The van der Waals surface area contributed by atoms with E-state index in [0.29, 0.717) is 12.5 Å². The van der Waals surface area contributed by atoms with Crippen molar-refractivity contribution in [1.29, 1.82) is 0 Å². The molecule has 3 rings (SSSR count). The highest BCUT2D eigenvalue weighted by Gasteiger charge is 2.14. The van der Waals surface area contributed by atoms with Gasteiger partial charge in [-0.2, -0.15) is 5.10 Å². The minimum absolute atomic E-state index is 0.0181. The summed E-state index contributed by atoms with van der Waals surface area (Å²) < 4.78 is 12.3. The second-order valence-corrected chi connectivity index (χ2v) is 4.70. The van der Waals surface area contributed by atoms with Gasteiger partial charge in [0.1, 0.15) is 5.75 Å². The van der Waals surface area contributed by atoms with E-state index in [1.54, 1.807) is 19.3 Å². The van der Waals surface area contributed by atoms with Crippen LogP contribution in [0.2, 0.25) is 0 Å². The Kier molecular flexibility index (Phi) is 4.05. The highest BCUT2D eigenvalue weighted by atomic mass is 16.5.